The van der Waals surface area contributed by atoms with Crippen LogP contribution < -0.4 is 0 Å². The van der Waals surface area contributed by atoms with E-state index in [1.165, 1.54) is 6.20 Å². The van der Waals surface area contributed by atoms with Gasteiger partial charge < -0.3 is 0 Å². The zero-order valence-electron chi connectivity index (χ0n) is 6.05. The van der Waals surface area contributed by atoms with Crippen molar-refractivity contribution in [3.8, 4) is 0 Å². The van der Waals surface area contributed by atoms with Crippen molar-refractivity contribution >= 4 is 11.6 Å². The second-order valence-electron chi connectivity index (χ2n) is 2.28. The van der Waals surface area contributed by atoms with Gasteiger partial charge in [0.2, 0.25) is 5.00 Å². The number of alkyl halides is 1. The Morgan fingerprint density at radius 2 is 2.00 bits per heavy atom. The number of nitrogens with zero attached hydrogens (tertiary/aromatic N) is 4. The highest BCUT2D eigenvalue weighted by atomic mass is 35.5. The van der Waals surface area contributed by atoms with Crippen LogP contribution in [0.4, 0.5) is 0 Å². The number of azo groups is 1. The minimum Gasteiger partial charge on any atom is -0.237 e. The predicted molar refractivity (Wildman–Crippen MR) is 43.6 cm³/mol. The first-order chi connectivity index (χ1) is 5.81. The number of hydrogen-bond donors (Lipinski definition) is 0. The van der Waals surface area contributed by atoms with E-state index >= 15 is 0 Å². The van der Waals surface area contributed by atoms with Gasteiger partial charge in [-0.2, -0.15) is 10.2 Å². The van der Waals surface area contributed by atoms with Gasteiger partial charge in [-0.15, -0.1) is 0 Å². The molecular weight excluding hydrogens is 176 g/mol. The summed E-state index contributed by atoms with van der Waals surface area (Å²) in [6.45, 7) is 0. The molecule has 0 aliphatic carbocycles. The maximum absolute atomic E-state index is 6.02. The summed E-state index contributed by atoms with van der Waals surface area (Å²) in [6, 6.07) is 1.72. The first-order valence-electron chi connectivity index (χ1n) is 3.37. The van der Waals surface area contributed by atoms with Crippen molar-refractivity contribution in [1.29, 1.82) is 0 Å². The van der Waals surface area contributed by atoms with Crippen LogP contribution in [0.15, 0.2) is 41.0 Å². The van der Waals surface area contributed by atoms with E-state index in [1.54, 1.807) is 24.5 Å². The fourth-order valence-electron chi connectivity index (χ4n) is 0.882. The van der Waals surface area contributed by atoms with E-state index in [0.29, 0.717) is 5.82 Å². The number of hydrogen-bond acceptors (Lipinski definition) is 4. The SMILES string of the molecule is ClC1(c2ncccn2)C=CN=N1. The summed E-state index contributed by atoms with van der Waals surface area (Å²) < 4.78 is 0. The molecule has 0 bridgehead atoms. The molecule has 0 spiro atoms. The molecule has 0 amide bonds. The Hall–Kier alpha value is -1.29. The van der Waals surface area contributed by atoms with Crippen LogP contribution >= 0.6 is 11.6 Å². The van der Waals surface area contributed by atoms with Crippen LogP contribution in [0.25, 0.3) is 0 Å². The monoisotopic (exact) mass is 180 g/mol. The lowest BCUT2D eigenvalue weighted by atomic mass is 10.3. The maximum Gasteiger partial charge on any atom is 0.233 e. The fourth-order valence-corrected chi connectivity index (χ4v) is 1.08. The first-order valence-corrected chi connectivity index (χ1v) is 3.75. The van der Waals surface area contributed by atoms with Crippen molar-refractivity contribution in [3.63, 3.8) is 0 Å². The second kappa shape index (κ2) is 2.64. The molecule has 0 saturated heterocycles. The lowest BCUT2D eigenvalue weighted by Crippen LogP contribution is -2.13. The minimum absolute atomic E-state index is 0.448. The average Bonchev–Trinajstić information content (AvgIpc) is 2.55. The zero-order valence-corrected chi connectivity index (χ0v) is 6.81. The van der Waals surface area contributed by atoms with Crippen molar-refractivity contribution < 1.29 is 0 Å². The molecule has 0 aromatic carbocycles. The highest BCUT2D eigenvalue weighted by Gasteiger charge is 2.31. The van der Waals surface area contributed by atoms with Gasteiger partial charge >= 0.3 is 0 Å². The smallest absolute Gasteiger partial charge is 0.233 e. The van der Waals surface area contributed by atoms with Crippen molar-refractivity contribution in [2.24, 2.45) is 10.2 Å². The maximum atomic E-state index is 6.02. The van der Waals surface area contributed by atoms with Gasteiger partial charge in [0.1, 0.15) is 0 Å². The summed E-state index contributed by atoms with van der Waals surface area (Å²) in [6.07, 6.45) is 6.41. The van der Waals surface area contributed by atoms with E-state index in [-0.39, 0.29) is 0 Å². The quantitative estimate of drug-likeness (QED) is 0.489. The van der Waals surface area contributed by atoms with Crippen LogP contribution in [0, 0.1) is 0 Å². The van der Waals surface area contributed by atoms with Crippen LogP contribution in [0.1, 0.15) is 5.82 Å². The van der Waals surface area contributed by atoms with Crippen LogP contribution in [0.3, 0.4) is 0 Å². The van der Waals surface area contributed by atoms with Gasteiger partial charge in [0.15, 0.2) is 5.82 Å². The Labute approximate surface area is 74.0 Å². The standard InChI is InChI=1S/C7H5ClN4/c8-7(2-5-11-12-7)6-9-3-1-4-10-6/h1-5H. The first kappa shape index (κ1) is 7.36. The third-order valence-corrected chi connectivity index (χ3v) is 1.82. The van der Waals surface area contributed by atoms with Gasteiger partial charge in [-0.3, -0.25) is 0 Å². The summed E-state index contributed by atoms with van der Waals surface area (Å²) in [7, 11) is 0. The molecular formula is C7H5ClN4. The van der Waals surface area contributed by atoms with Crippen LogP contribution in [-0.2, 0) is 5.00 Å². The zero-order chi connectivity index (χ0) is 8.44. The third-order valence-electron chi connectivity index (χ3n) is 1.44. The minimum atomic E-state index is -0.985. The van der Waals surface area contributed by atoms with Gasteiger partial charge in [0.05, 0.1) is 0 Å². The topological polar surface area (TPSA) is 50.5 Å². The van der Waals surface area contributed by atoms with Crippen molar-refractivity contribution in [2.75, 3.05) is 0 Å². The lowest BCUT2D eigenvalue weighted by molar-refractivity contribution is 0.717. The Kier molecular flexibility index (Phi) is 1.62. The molecule has 2 rings (SSSR count). The summed E-state index contributed by atoms with van der Waals surface area (Å²) in [4.78, 5) is 6.98. The van der Waals surface area contributed by atoms with Crippen LogP contribution in [0.2, 0.25) is 0 Å². The fraction of sp³-hybridized carbons (Fsp3) is 0.143. The Balaban J connectivity index is 2.43. The predicted octanol–water partition coefficient (Wildman–Crippen LogP) is 1.85. The van der Waals surface area contributed by atoms with Crippen molar-refractivity contribution in [2.45, 2.75) is 5.00 Å². The number of rotatable bonds is 1. The van der Waals surface area contributed by atoms with Gasteiger partial charge in [0.25, 0.3) is 0 Å². The summed E-state index contributed by atoms with van der Waals surface area (Å²) in [5.74, 6) is 0.448. The van der Waals surface area contributed by atoms with Gasteiger partial charge in [0, 0.05) is 18.6 Å². The molecule has 1 aromatic heterocycles. The molecule has 1 atom stereocenters. The molecule has 1 aliphatic heterocycles. The molecule has 12 heavy (non-hydrogen) atoms. The Bertz CT molecular complexity index is 321. The molecule has 4 nitrogen and oxygen atoms in total. The van der Waals surface area contributed by atoms with Crippen LogP contribution in [0.5, 0.6) is 0 Å². The molecule has 1 aliphatic rings. The molecule has 1 aromatic rings. The van der Waals surface area contributed by atoms with Gasteiger partial charge in [-0.05, 0) is 12.1 Å². The van der Waals surface area contributed by atoms with Gasteiger partial charge in [-0.1, -0.05) is 11.6 Å². The largest absolute Gasteiger partial charge is 0.237 e. The highest BCUT2D eigenvalue weighted by molar-refractivity contribution is 6.24. The molecule has 0 N–H and O–H groups in total. The van der Waals surface area contributed by atoms with E-state index in [1.807, 2.05) is 0 Å². The summed E-state index contributed by atoms with van der Waals surface area (Å²) in [5.41, 5.74) is 0. The third kappa shape index (κ3) is 1.10. The van der Waals surface area contributed by atoms with Crippen molar-refractivity contribution in [3.05, 3.63) is 36.6 Å². The normalized spacial score (nSPS) is 26.4. The van der Waals surface area contributed by atoms with E-state index < -0.39 is 5.00 Å². The molecule has 2 heterocycles. The molecule has 0 saturated carbocycles. The van der Waals surface area contributed by atoms with Crippen LogP contribution in [-0.4, -0.2) is 9.97 Å². The van der Waals surface area contributed by atoms with E-state index in [4.69, 9.17) is 11.6 Å². The lowest BCUT2D eigenvalue weighted by Gasteiger charge is -2.10. The highest BCUT2D eigenvalue weighted by Crippen LogP contribution is 2.32. The van der Waals surface area contributed by atoms with E-state index in [0.717, 1.165) is 0 Å². The average molecular weight is 181 g/mol. The second-order valence-corrected chi connectivity index (χ2v) is 2.85. The summed E-state index contributed by atoms with van der Waals surface area (Å²) in [5, 5.41) is 7.44. The molecule has 1 unspecified atom stereocenters. The van der Waals surface area contributed by atoms with E-state index in [9.17, 15) is 0 Å². The molecule has 0 radical (unpaired) electrons. The molecule has 0 fully saturated rings. The molecule has 5 heteroatoms. The number of aromatic nitrogens is 2. The molecule has 60 valence electrons. The van der Waals surface area contributed by atoms with Gasteiger partial charge in [-0.25, -0.2) is 9.97 Å². The van der Waals surface area contributed by atoms with E-state index in [2.05, 4.69) is 20.2 Å². The number of halogens is 1. The summed E-state index contributed by atoms with van der Waals surface area (Å²) >= 11 is 6.02. The Morgan fingerprint density at radius 3 is 2.58 bits per heavy atom. The van der Waals surface area contributed by atoms with Crippen molar-refractivity contribution in [1.82, 2.24) is 9.97 Å². The Morgan fingerprint density at radius 1 is 1.25 bits per heavy atom.